The fourth-order valence-corrected chi connectivity index (χ4v) is 2.67. The summed E-state index contributed by atoms with van der Waals surface area (Å²) >= 11 is 3.44. The lowest BCUT2D eigenvalue weighted by Crippen LogP contribution is -2.10. The van der Waals surface area contributed by atoms with Crippen LogP contribution in [-0.2, 0) is 0 Å². The Morgan fingerprint density at radius 1 is 1.12 bits per heavy atom. The third-order valence-electron chi connectivity index (χ3n) is 3.46. The van der Waals surface area contributed by atoms with Gasteiger partial charge in [0.25, 0.3) is 0 Å². The molecule has 2 aromatic heterocycles. The van der Waals surface area contributed by atoms with Crippen LogP contribution in [0.4, 0.5) is 5.82 Å². The summed E-state index contributed by atoms with van der Waals surface area (Å²) in [4.78, 5) is 9.20. The van der Waals surface area contributed by atoms with Crippen molar-refractivity contribution in [2.24, 2.45) is 0 Å². The monoisotopic (exact) mass is 387 g/mol. The third-order valence-corrected chi connectivity index (χ3v) is 3.99. The number of nitrogens with zero attached hydrogens (tertiary/aromatic N) is 4. The number of hydrogen-bond acceptors (Lipinski definition) is 5. The molecule has 0 saturated carbocycles. The van der Waals surface area contributed by atoms with Crippen molar-refractivity contribution in [1.82, 2.24) is 19.7 Å². The van der Waals surface area contributed by atoms with Gasteiger partial charge in [0, 0.05) is 28.3 Å². The molecule has 2 heterocycles. The van der Waals surface area contributed by atoms with Gasteiger partial charge >= 0.3 is 0 Å². The van der Waals surface area contributed by atoms with Crippen molar-refractivity contribution in [1.29, 1.82) is 0 Å². The highest BCUT2D eigenvalue weighted by Crippen LogP contribution is 2.22. The van der Waals surface area contributed by atoms with E-state index in [4.69, 9.17) is 5.11 Å². The summed E-state index contributed by atoms with van der Waals surface area (Å²) < 4.78 is 2.79. The average molecular weight is 388 g/mol. The van der Waals surface area contributed by atoms with Gasteiger partial charge in [-0.1, -0.05) is 28.1 Å². The Bertz CT molecular complexity index is 845. The number of aromatic nitrogens is 4. The van der Waals surface area contributed by atoms with Gasteiger partial charge in [-0.15, -0.1) is 0 Å². The molecule has 0 atom stereocenters. The normalized spacial score (nSPS) is 10.8. The zero-order valence-electron chi connectivity index (χ0n) is 13.5. The minimum atomic E-state index is 0.0346. The second kappa shape index (κ2) is 7.11. The van der Waals surface area contributed by atoms with Gasteiger partial charge in [0.1, 0.15) is 5.82 Å². The van der Waals surface area contributed by atoms with Gasteiger partial charge in [-0.2, -0.15) is 5.10 Å². The Kier molecular flexibility index (Phi) is 4.92. The minimum absolute atomic E-state index is 0.0346. The lowest BCUT2D eigenvalue weighted by Gasteiger charge is -2.10. The van der Waals surface area contributed by atoms with E-state index in [2.05, 4.69) is 36.3 Å². The molecule has 0 bridgehead atoms. The highest BCUT2D eigenvalue weighted by Gasteiger charge is 2.11. The number of hydrogen-bond donors (Lipinski definition) is 2. The fourth-order valence-electron chi connectivity index (χ4n) is 2.41. The molecule has 0 saturated heterocycles. The predicted molar refractivity (Wildman–Crippen MR) is 97.3 cm³/mol. The summed E-state index contributed by atoms with van der Waals surface area (Å²) in [6, 6.07) is 11.7. The van der Waals surface area contributed by atoms with Gasteiger partial charge in [0.2, 0.25) is 0 Å². The molecule has 1 aromatic carbocycles. The van der Waals surface area contributed by atoms with Gasteiger partial charge in [-0.25, -0.2) is 14.6 Å². The van der Waals surface area contributed by atoms with E-state index in [0.717, 1.165) is 21.4 Å². The summed E-state index contributed by atoms with van der Waals surface area (Å²) in [6.45, 7) is 4.40. The molecule has 0 aliphatic carbocycles. The van der Waals surface area contributed by atoms with Crippen LogP contribution in [0.25, 0.3) is 17.2 Å². The van der Waals surface area contributed by atoms with Crippen molar-refractivity contribution in [2.45, 2.75) is 13.8 Å². The molecule has 7 heteroatoms. The summed E-state index contributed by atoms with van der Waals surface area (Å²) in [5.41, 5.74) is 2.84. The first-order valence-corrected chi connectivity index (χ1v) is 8.39. The van der Waals surface area contributed by atoms with Crippen molar-refractivity contribution >= 4 is 21.7 Å². The first-order valence-electron chi connectivity index (χ1n) is 7.60. The smallest absolute Gasteiger partial charge is 0.163 e. The number of anilines is 1. The molecule has 0 amide bonds. The van der Waals surface area contributed by atoms with E-state index < -0.39 is 0 Å². The standard InChI is InChI=1S/C17H18BrN5O/c1-11-9-12(2)23(22-11)16-10-15(19-7-8-24)20-17(21-16)13-3-5-14(18)6-4-13/h3-6,9-10,24H,7-8H2,1-2H3,(H,19,20,21). The molecule has 24 heavy (non-hydrogen) atoms. The molecule has 6 nitrogen and oxygen atoms in total. The van der Waals surface area contributed by atoms with E-state index in [0.29, 0.717) is 24.0 Å². The Labute approximate surface area is 148 Å². The third kappa shape index (κ3) is 3.63. The number of aliphatic hydroxyl groups is 1. The molecule has 124 valence electrons. The number of aliphatic hydroxyl groups excluding tert-OH is 1. The van der Waals surface area contributed by atoms with Crippen LogP contribution in [0.15, 0.2) is 40.9 Å². The summed E-state index contributed by atoms with van der Waals surface area (Å²) in [7, 11) is 0. The van der Waals surface area contributed by atoms with E-state index >= 15 is 0 Å². The number of rotatable bonds is 5. The first kappa shape index (κ1) is 16.6. The van der Waals surface area contributed by atoms with E-state index in [1.165, 1.54) is 0 Å². The zero-order valence-corrected chi connectivity index (χ0v) is 15.1. The largest absolute Gasteiger partial charge is 0.395 e. The highest BCUT2D eigenvalue weighted by atomic mass is 79.9. The van der Waals surface area contributed by atoms with Gasteiger partial charge in [-0.05, 0) is 32.0 Å². The highest BCUT2D eigenvalue weighted by molar-refractivity contribution is 9.10. The zero-order chi connectivity index (χ0) is 17.1. The van der Waals surface area contributed by atoms with Gasteiger partial charge < -0.3 is 10.4 Å². The van der Waals surface area contributed by atoms with Gasteiger partial charge in [-0.3, -0.25) is 0 Å². The number of halogens is 1. The van der Waals surface area contributed by atoms with Crippen LogP contribution in [0.5, 0.6) is 0 Å². The van der Waals surface area contributed by atoms with E-state index in [9.17, 15) is 0 Å². The molecule has 0 radical (unpaired) electrons. The molecule has 0 unspecified atom stereocenters. The van der Waals surface area contributed by atoms with Crippen LogP contribution in [0.1, 0.15) is 11.4 Å². The molecule has 3 rings (SSSR count). The maximum Gasteiger partial charge on any atom is 0.163 e. The number of aryl methyl sites for hydroxylation is 2. The van der Waals surface area contributed by atoms with Crippen LogP contribution in [0, 0.1) is 13.8 Å². The quantitative estimate of drug-likeness (QED) is 0.703. The van der Waals surface area contributed by atoms with E-state index in [1.807, 2.05) is 50.2 Å². The summed E-state index contributed by atoms with van der Waals surface area (Å²) in [6.07, 6.45) is 0. The molecular formula is C17H18BrN5O. The molecule has 0 aliphatic rings. The van der Waals surface area contributed by atoms with Crippen molar-refractivity contribution in [2.75, 3.05) is 18.5 Å². The first-order chi connectivity index (χ1) is 11.6. The second-order valence-electron chi connectivity index (χ2n) is 5.43. The van der Waals surface area contributed by atoms with E-state index in [1.54, 1.807) is 4.68 Å². The predicted octanol–water partition coefficient (Wildman–Crippen LogP) is 3.11. The van der Waals surface area contributed by atoms with Crippen molar-refractivity contribution in [3.8, 4) is 17.2 Å². The van der Waals surface area contributed by atoms with Crippen LogP contribution < -0.4 is 5.32 Å². The minimum Gasteiger partial charge on any atom is -0.395 e. The topological polar surface area (TPSA) is 75.9 Å². The van der Waals surface area contributed by atoms with Crippen molar-refractivity contribution in [3.05, 3.63) is 52.3 Å². The Morgan fingerprint density at radius 2 is 1.88 bits per heavy atom. The molecule has 0 aliphatic heterocycles. The van der Waals surface area contributed by atoms with E-state index in [-0.39, 0.29) is 6.61 Å². The summed E-state index contributed by atoms with van der Waals surface area (Å²) in [5.74, 6) is 1.95. The van der Waals surface area contributed by atoms with Crippen molar-refractivity contribution < 1.29 is 5.11 Å². The Hall–Kier alpha value is -2.25. The Balaban J connectivity index is 2.09. The van der Waals surface area contributed by atoms with Crippen molar-refractivity contribution in [3.63, 3.8) is 0 Å². The lowest BCUT2D eigenvalue weighted by molar-refractivity contribution is 0.311. The van der Waals surface area contributed by atoms with Crippen LogP contribution in [0.3, 0.4) is 0 Å². The van der Waals surface area contributed by atoms with Crippen LogP contribution in [-0.4, -0.2) is 38.0 Å². The molecule has 0 fully saturated rings. The maximum absolute atomic E-state index is 9.05. The molecule has 0 spiro atoms. The Morgan fingerprint density at radius 3 is 2.50 bits per heavy atom. The second-order valence-corrected chi connectivity index (χ2v) is 6.35. The molecule has 2 N–H and O–H groups in total. The fraction of sp³-hybridized carbons (Fsp3) is 0.235. The molecular weight excluding hydrogens is 370 g/mol. The SMILES string of the molecule is Cc1cc(C)n(-c2cc(NCCO)nc(-c3ccc(Br)cc3)n2)n1. The lowest BCUT2D eigenvalue weighted by atomic mass is 10.2. The average Bonchev–Trinajstić information content (AvgIpc) is 2.92. The summed E-state index contributed by atoms with van der Waals surface area (Å²) in [5, 5.41) is 16.6. The number of benzene rings is 1. The molecule has 3 aromatic rings. The number of nitrogens with one attached hydrogen (secondary N) is 1. The van der Waals surface area contributed by atoms with Crippen LogP contribution >= 0.6 is 15.9 Å². The van der Waals surface area contributed by atoms with Gasteiger partial charge in [0.15, 0.2) is 11.6 Å². The maximum atomic E-state index is 9.05. The van der Waals surface area contributed by atoms with Crippen LogP contribution in [0.2, 0.25) is 0 Å². The van der Waals surface area contributed by atoms with Gasteiger partial charge in [0.05, 0.1) is 12.3 Å².